The van der Waals surface area contributed by atoms with E-state index in [0.717, 1.165) is 25.9 Å². The predicted molar refractivity (Wildman–Crippen MR) is 82.5 cm³/mol. The average molecular weight is 277 g/mol. The van der Waals surface area contributed by atoms with Crippen LogP contribution in [0.1, 0.15) is 47.5 Å². The molecule has 4 nitrogen and oxygen atoms in total. The second kappa shape index (κ2) is 5.98. The largest absolute Gasteiger partial charge is 0.356 e. The van der Waals surface area contributed by atoms with Gasteiger partial charge in [-0.2, -0.15) is 0 Å². The molecule has 20 heavy (non-hydrogen) atoms. The van der Waals surface area contributed by atoms with Crippen molar-refractivity contribution < 1.29 is 4.79 Å². The van der Waals surface area contributed by atoms with Gasteiger partial charge in [-0.15, -0.1) is 0 Å². The zero-order valence-corrected chi connectivity index (χ0v) is 13.4. The molecule has 112 valence electrons. The standard InChI is InChI=1S/C16H27N3O/c1-6-15-18-11(4)16(10(2)3)14-7-13(9-19(14)15)8-17-12(5)20/h10-11,13H,6-9H2,1-5H3,(H,17,20)/t11-,13?/m0/s1. The van der Waals surface area contributed by atoms with E-state index in [1.54, 1.807) is 6.92 Å². The zero-order valence-electron chi connectivity index (χ0n) is 13.4. The minimum Gasteiger partial charge on any atom is -0.356 e. The monoisotopic (exact) mass is 277 g/mol. The van der Waals surface area contributed by atoms with Crippen LogP contribution in [0.5, 0.6) is 0 Å². The lowest BCUT2D eigenvalue weighted by molar-refractivity contribution is -0.119. The van der Waals surface area contributed by atoms with Crippen molar-refractivity contribution in [2.75, 3.05) is 13.1 Å². The summed E-state index contributed by atoms with van der Waals surface area (Å²) >= 11 is 0. The van der Waals surface area contributed by atoms with Gasteiger partial charge in [0.15, 0.2) is 0 Å². The molecular weight excluding hydrogens is 250 g/mol. The van der Waals surface area contributed by atoms with E-state index in [2.05, 4.69) is 37.9 Å². The second-order valence-electron chi connectivity index (χ2n) is 6.25. The van der Waals surface area contributed by atoms with Crippen LogP contribution < -0.4 is 5.32 Å². The van der Waals surface area contributed by atoms with E-state index in [4.69, 9.17) is 4.99 Å². The number of carbonyl (C=O) groups excluding carboxylic acids is 1. The second-order valence-corrected chi connectivity index (χ2v) is 6.25. The van der Waals surface area contributed by atoms with Crippen LogP contribution in [-0.4, -0.2) is 35.8 Å². The number of hydrogen-bond acceptors (Lipinski definition) is 3. The summed E-state index contributed by atoms with van der Waals surface area (Å²) in [5, 5.41) is 2.96. The Bertz CT molecular complexity index is 451. The topological polar surface area (TPSA) is 44.7 Å². The first-order chi connectivity index (χ1) is 9.43. The molecule has 4 heteroatoms. The Morgan fingerprint density at radius 2 is 2.20 bits per heavy atom. The van der Waals surface area contributed by atoms with E-state index in [0.29, 0.717) is 17.9 Å². The van der Waals surface area contributed by atoms with Crippen LogP contribution >= 0.6 is 0 Å². The highest BCUT2D eigenvalue weighted by Crippen LogP contribution is 2.37. The first-order valence-corrected chi connectivity index (χ1v) is 7.75. The van der Waals surface area contributed by atoms with Crippen LogP contribution in [-0.2, 0) is 4.79 Å². The number of hydrogen-bond donors (Lipinski definition) is 1. The number of amides is 1. The molecule has 1 unspecified atom stereocenters. The Balaban J connectivity index is 2.22. The van der Waals surface area contributed by atoms with Crippen molar-refractivity contribution >= 4 is 11.7 Å². The Kier molecular flexibility index (Phi) is 4.51. The Labute approximate surface area is 122 Å². The third-order valence-electron chi connectivity index (χ3n) is 4.26. The molecule has 0 bridgehead atoms. The van der Waals surface area contributed by atoms with Crippen LogP contribution in [0.4, 0.5) is 0 Å². The van der Waals surface area contributed by atoms with Gasteiger partial charge in [-0.05, 0) is 30.8 Å². The van der Waals surface area contributed by atoms with Gasteiger partial charge in [-0.25, -0.2) is 0 Å². The van der Waals surface area contributed by atoms with Crippen molar-refractivity contribution in [3.05, 3.63) is 11.3 Å². The minimum atomic E-state index is 0.0608. The van der Waals surface area contributed by atoms with Crippen molar-refractivity contribution in [2.45, 2.75) is 53.5 Å². The van der Waals surface area contributed by atoms with Crippen molar-refractivity contribution in [1.82, 2.24) is 10.2 Å². The molecule has 2 aliphatic rings. The molecular formula is C16H27N3O. The van der Waals surface area contributed by atoms with Gasteiger partial charge in [0.1, 0.15) is 5.84 Å². The molecule has 2 rings (SSSR count). The van der Waals surface area contributed by atoms with E-state index in [1.165, 1.54) is 17.1 Å². The van der Waals surface area contributed by atoms with Gasteiger partial charge < -0.3 is 10.2 Å². The summed E-state index contributed by atoms with van der Waals surface area (Å²) in [5.41, 5.74) is 2.95. The van der Waals surface area contributed by atoms with Crippen LogP contribution in [0.2, 0.25) is 0 Å². The molecule has 0 saturated carbocycles. The highest BCUT2D eigenvalue weighted by atomic mass is 16.1. The van der Waals surface area contributed by atoms with Gasteiger partial charge in [-0.3, -0.25) is 9.79 Å². The lowest BCUT2D eigenvalue weighted by atomic mass is 9.91. The van der Waals surface area contributed by atoms with Crippen LogP contribution in [0.15, 0.2) is 16.3 Å². The molecule has 2 aliphatic heterocycles. The summed E-state index contributed by atoms with van der Waals surface area (Å²) < 4.78 is 0. The number of nitrogens with one attached hydrogen (secondary N) is 1. The lowest BCUT2D eigenvalue weighted by Gasteiger charge is -2.33. The number of carbonyl (C=O) groups is 1. The van der Waals surface area contributed by atoms with Crippen LogP contribution in [0.25, 0.3) is 0 Å². The van der Waals surface area contributed by atoms with Crippen molar-refractivity contribution in [3.63, 3.8) is 0 Å². The SMILES string of the molecule is CCC1=N[C@@H](C)C(C(C)C)=C2CC(CNC(C)=O)CN12. The molecule has 0 aromatic rings. The Morgan fingerprint density at radius 1 is 1.50 bits per heavy atom. The first-order valence-electron chi connectivity index (χ1n) is 7.75. The average Bonchev–Trinajstić information content (AvgIpc) is 2.78. The van der Waals surface area contributed by atoms with E-state index in [9.17, 15) is 4.79 Å². The zero-order chi connectivity index (χ0) is 14.9. The van der Waals surface area contributed by atoms with Crippen LogP contribution in [0, 0.1) is 11.8 Å². The molecule has 1 saturated heterocycles. The van der Waals surface area contributed by atoms with E-state index in [-0.39, 0.29) is 5.91 Å². The Morgan fingerprint density at radius 3 is 2.75 bits per heavy atom. The van der Waals surface area contributed by atoms with Crippen LogP contribution in [0.3, 0.4) is 0 Å². The maximum absolute atomic E-state index is 11.1. The molecule has 0 aliphatic carbocycles. The maximum atomic E-state index is 11.1. The summed E-state index contributed by atoms with van der Waals surface area (Å²) in [4.78, 5) is 18.4. The normalized spacial score (nSPS) is 25.9. The van der Waals surface area contributed by atoms with Gasteiger partial charge in [0.25, 0.3) is 0 Å². The number of fused-ring (bicyclic) bond motifs is 1. The highest BCUT2D eigenvalue weighted by molar-refractivity contribution is 5.86. The summed E-state index contributed by atoms with van der Waals surface area (Å²) in [7, 11) is 0. The van der Waals surface area contributed by atoms with Gasteiger partial charge in [0.05, 0.1) is 6.04 Å². The van der Waals surface area contributed by atoms with Gasteiger partial charge in [-0.1, -0.05) is 20.8 Å². The quantitative estimate of drug-likeness (QED) is 0.858. The highest BCUT2D eigenvalue weighted by Gasteiger charge is 2.36. The van der Waals surface area contributed by atoms with E-state index < -0.39 is 0 Å². The molecule has 1 amide bonds. The fourth-order valence-corrected chi connectivity index (χ4v) is 3.48. The maximum Gasteiger partial charge on any atom is 0.216 e. The molecule has 2 atom stereocenters. The van der Waals surface area contributed by atoms with Gasteiger partial charge in [0.2, 0.25) is 5.91 Å². The summed E-state index contributed by atoms with van der Waals surface area (Å²) in [6, 6.07) is 0.302. The van der Waals surface area contributed by atoms with Crippen molar-refractivity contribution in [1.29, 1.82) is 0 Å². The molecule has 0 aromatic carbocycles. The van der Waals surface area contributed by atoms with Crippen molar-refractivity contribution in [2.24, 2.45) is 16.8 Å². The van der Waals surface area contributed by atoms with E-state index >= 15 is 0 Å². The summed E-state index contributed by atoms with van der Waals surface area (Å²) in [6.07, 6.45) is 2.04. The number of rotatable bonds is 4. The predicted octanol–water partition coefficient (Wildman–Crippen LogP) is 2.57. The van der Waals surface area contributed by atoms with Crippen molar-refractivity contribution in [3.8, 4) is 0 Å². The first kappa shape index (κ1) is 15.1. The number of amidine groups is 1. The minimum absolute atomic E-state index is 0.0608. The third-order valence-corrected chi connectivity index (χ3v) is 4.26. The molecule has 1 N–H and O–H groups in total. The summed E-state index contributed by atoms with van der Waals surface area (Å²) in [6.45, 7) is 12.2. The Hall–Kier alpha value is -1.32. The lowest BCUT2D eigenvalue weighted by Crippen LogP contribution is -2.35. The third kappa shape index (κ3) is 2.89. The number of allylic oxidation sites excluding steroid dienone is 1. The van der Waals surface area contributed by atoms with Gasteiger partial charge >= 0.3 is 0 Å². The molecule has 0 radical (unpaired) electrons. The molecule has 0 spiro atoms. The van der Waals surface area contributed by atoms with Gasteiger partial charge in [0, 0.05) is 32.1 Å². The fraction of sp³-hybridized carbons (Fsp3) is 0.750. The molecule has 2 heterocycles. The fourth-order valence-electron chi connectivity index (χ4n) is 3.48. The smallest absolute Gasteiger partial charge is 0.216 e. The van der Waals surface area contributed by atoms with E-state index in [1.807, 2.05) is 0 Å². The molecule has 0 aromatic heterocycles. The number of aliphatic imine (C=N–C) groups is 1. The number of nitrogens with zero attached hydrogens (tertiary/aromatic N) is 2. The summed E-state index contributed by atoms with van der Waals surface area (Å²) in [5.74, 6) is 2.31. The molecule has 1 fully saturated rings.